The van der Waals surface area contributed by atoms with Gasteiger partial charge in [0.2, 0.25) is 16.9 Å². The average Bonchev–Trinajstić information content (AvgIpc) is 3.08. The van der Waals surface area contributed by atoms with Crippen LogP contribution >= 0.6 is 11.3 Å². The summed E-state index contributed by atoms with van der Waals surface area (Å²) in [7, 11) is 0. The number of nitrogens with one attached hydrogen (secondary N) is 1. The van der Waals surface area contributed by atoms with E-state index in [1.165, 1.54) is 11.3 Å². The van der Waals surface area contributed by atoms with E-state index in [2.05, 4.69) is 20.5 Å². The van der Waals surface area contributed by atoms with E-state index in [0.29, 0.717) is 23.8 Å². The van der Waals surface area contributed by atoms with E-state index in [1.807, 2.05) is 17.0 Å². The summed E-state index contributed by atoms with van der Waals surface area (Å²) in [6.07, 6.45) is 3.06. The minimum Gasteiger partial charge on any atom is -0.369 e. The summed E-state index contributed by atoms with van der Waals surface area (Å²) in [5, 5.41) is 10.6. The van der Waals surface area contributed by atoms with Gasteiger partial charge in [-0.25, -0.2) is 0 Å². The fraction of sp³-hybridized carbons (Fsp3) is 0.400. The molecule has 0 aliphatic carbocycles. The van der Waals surface area contributed by atoms with Crippen molar-refractivity contribution >= 4 is 28.3 Å². The molecular formula is C15H18N6O2S. The number of carbonyl (C=O) groups is 2. The van der Waals surface area contributed by atoms with Crippen LogP contribution in [-0.4, -0.2) is 51.5 Å². The molecule has 1 fully saturated rings. The maximum absolute atomic E-state index is 12.2. The first-order valence-corrected chi connectivity index (χ1v) is 8.48. The van der Waals surface area contributed by atoms with Crippen LogP contribution in [0.5, 0.6) is 0 Å². The van der Waals surface area contributed by atoms with Gasteiger partial charge in [0.15, 0.2) is 0 Å². The third-order valence-electron chi connectivity index (χ3n) is 4.17. The van der Waals surface area contributed by atoms with Gasteiger partial charge in [-0.2, -0.15) is 0 Å². The Labute approximate surface area is 143 Å². The van der Waals surface area contributed by atoms with Gasteiger partial charge >= 0.3 is 0 Å². The second-order valence-corrected chi connectivity index (χ2v) is 6.60. The summed E-state index contributed by atoms with van der Waals surface area (Å²) in [5.74, 6) is -0.594. The summed E-state index contributed by atoms with van der Waals surface area (Å²) in [6.45, 7) is 1.27. The number of rotatable bonds is 5. The Morgan fingerprint density at radius 3 is 2.96 bits per heavy atom. The van der Waals surface area contributed by atoms with Crippen molar-refractivity contribution in [2.45, 2.75) is 18.3 Å². The number of hydrogen-bond acceptors (Lipinski definition) is 7. The van der Waals surface area contributed by atoms with E-state index in [0.717, 1.165) is 13.0 Å². The van der Waals surface area contributed by atoms with Crippen LogP contribution in [0, 0.1) is 0 Å². The number of anilines is 1. The van der Waals surface area contributed by atoms with Crippen molar-refractivity contribution < 1.29 is 9.59 Å². The van der Waals surface area contributed by atoms with Gasteiger partial charge in [-0.15, -0.1) is 10.2 Å². The Morgan fingerprint density at radius 1 is 1.42 bits per heavy atom. The van der Waals surface area contributed by atoms with Crippen molar-refractivity contribution in [1.29, 1.82) is 0 Å². The van der Waals surface area contributed by atoms with E-state index in [9.17, 15) is 9.59 Å². The number of hydrogen-bond donors (Lipinski definition) is 2. The van der Waals surface area contributed by atoms with Gasteiger partial charge in [0.25, 0.3) is 0 Å². The second kappa shape index (κ2) is 7.02. The quantitative estimate of drug-likeness (QED) is 0.809. The first kappa shape index (κ1) is 16.5. The zero-order valence-electron chi connectivity index (χ0n) is 13.0. The smallest absolute Gasteiger partial charge is 0.240 e. The Hall–Kier alpha value is -2.39. The van der Waals surface area contributed by atoms with Crippen molar-refractivity contribution in [2.75, 3.05) is 25.0 Å². The van der Waals surface area contributed by atoms with E-state index in [1.54, 1.807) is 17.8 Å². The summed E-state index contributed by atoms with van der Waals surface area (Å²) in [6, 6.07) is 5.46. The van der Waals surface area contributed by atoms with Gasteiger partial charge in [0, 0.05) is 12.7 Å². The van der Waals surface area contributed by atoms with Crippen molar-refractivity contribution in [3.63, 3.8) is 0 Å². The van der Waals surface area contributed by atoms with Gasteiger partial charge in [0.05, 0.1) is 12.2 Å². The molecule has 126 valence electrons. The molecule has 8 nitrogen and oxygen atoms in total. The highest BCUT2D eigenvalue weighted by atomic mass is 32.1. The van der Waals surface area contributed by atoms with Crippen LogP contribution in [0.3, 0.4) is 0 Å². The van der Waals surface area contributed by atoms with E-state index < -0.39 is 11.3 Å². The van der Waals surface area contributed by atoms with Crippen LogP contribution in [-0.2, 0) is 15.0 Å². The molecule has 0 unspecified atom stereocenters. The van der Waals surface area contributed by atoms with Gasteiger partial charge in [-0.1, -0.05) is 17.4 Å². The molecular weight excluding hydrogens is 328 g/mol. The van der Waals surface area contributed by atoms with E-state index in [-0.39, 0.29) is 12.5 Å². The van der Waals surface area contributed by atoms with Crippen molar-refractivity contribution in [3.05, 3.63) is 35.6 Å². The standard InChI is InChI=1S/C15H18N6O2S/c16-13(23)15(11-4-1-2-6-17-11)5-3-7-21(9-15)8-12(22)19-14-20-18-10-24-14/h1-2,4,6,10H,3,5,7-9H2,(H2,16,23)(H,19,20,22)/t15-/m1/s1. The molecule has 0 aromatic carbocycles. The normalized spacial score (nSPS) is 21.3. The molecule has 0 radical (unpaired) electrons. The Balaban J connectivity index is 1.72. The molecule has 1 atom stereocenters. The van der Waals surface area contributed by atoms with Crippen molar-refractivity contribution in [2.24, 2.45) is 5.73 Å². The molecule has 0 saturated carbocycles. The fourth-order valence-corrected chi connectivity index (χ4v) is 3.51. The lowest BCUT2D eigenvalue weighted by molar-refractivity contribution is -0.127. The largest absolute Gasteiger partial charge is 0.369 e. The zero-order chi connectivity index (χ0) is 17.0. The van der Waals surface area contributed by atoms with Crippen LogP contribution in [0.1, 0.15) is 18.5 Å². The van der Waals surface area contributed by atoms with Gasteiger partial charge < -0.3 is 5.73 Å². The lowest BCUT2D eigenvalue weighted by Crippen LogP contribution is -2.55. The van der Waals surface area contributed by atoms with Crippen LogP contribution < -0.4 is 11.1 Å². The van der Waals surface area contributed by atoms with Crippen LogP contribution in [0.25, 0.3) is 0 Å². The first-order valence-electron chi connectivity index (χ1n) is 7.60. The maximum atomic E-state index is 12.2. The zero-order valence-corrected chi connectivity index (χ0v) is 13.8. The molecule has 0 spiro atoms. The number of amides is 2. The minimum atomic E-state index is -0.859. The number of pyridine rings is 1. The number of likely N-dealkylation sites (tertiary alicyclic amines) is 1. The molecule has 3 N–H and O–H groups in total. The number of nitrogens with two attached hydrogens (primary N) is 1. The second-order valence-electron chi connectivity index (χ2n) is 5.77. The Bertz CT molecular complexity index is 708. The maximum Gasteiger partial charge on any atom is 0.240 e. The molecule has 3 rings (SSSR count). The number of carbonyl (C=O) groups excluding carboxylic acids is 2. The monoisotopic (exact) mass is 346 g/mol. The summed E-state index contributed by atoms with van der Waals surface area (Å²) < 4.78 is 0. The predicted octanol–water partition coefficient (Wildman–Crippen LogP) is 0.391. The Kier molecular flexibility index (Phi) is 4.81. The number of nitrogens with zero attached hydrogens (tertiary/aromatic N) is 4. The first-order chi connectivity index (χ1) is 11.6. The highest BCUT2D eigenvalue weighted by Gasteiger charge is 2.43. The van der Waals surface area contributed by atoms with E-state index in [4.69, 9.17) is 5.73 Å². The van der Waals surface area contributed by atoms with Gasteiger partial charge in [-0.3, -0.25) is 24.8 Å². The third-order valence-corrected chi connectivity index (χ3v) is 4.78. The van der Waals surface area contributed by atoms with Gasteiger partial charge in [-0.05, 0) is 31.5 Å². The summed E-state index contributed by atoms with van der Waals surface area (Å²) in [4.78, 5) is 30.6. The predicted molar refractivity (Wildman–Crippen MR) is 89.3 cm³/mol. The number of piperidine rings is 1. The molecule has 2 aromatic rings. The molecule has 1 aliphatic heterocycles. The van der Waals surface area contributed by atoms with Gasteiger partial charge in [0.1, 0.15) is 10.9 Å². The molecule has 1 saturated heterocycles. The average molecular weight is 346 g/mol. The van der Waals surface area contributed by atoms with E-state index >= 15 is 0 Å². The SMILES string of the molecule is NC(=O)[C@]1(c2ccccn2)CCCN(CC(=O)Nc2nncs2)C1. The highest BCUT2D eigenvalue weighted by molar-refractivity contribution is 7.13. The summed E-state index contributed by atoms with van der Waals surface area (Å²) >= 11 is 1.26. The molecule has 9 heteroatoms. The van der Waals surface area contributed by atoms with Crippen LogP contribution in [0.15, 0.2) is 29.9 Å². The summed E-state index contributed by atoms with van der Waals surface area (Å²) in [5.41, 5.74) is 7.07. The fourth-order valence-electron chi connectivity index (χ4n) is 3.05. The van der Waals surface area contributed by atoms with Crippen LogP contribution in [0.2, 0.25) is 0 Å². The highest BCUT2D eigenvalue weighted by Crippen LogP contribution is 2.32. The Morgan fingerprint density at radius 2 is 2.29 bits per heavy atom. The van der Waals surface area contributed by atoms with Crippen molar-refractivity contribution in [1.82, 2.24) is 20.1 Å². The van der Waals surface area contributed by atoms with Crippen molar-refractivity contribution in [3.8, 4) is 0 Å². The lowest BCUT2D eigenvalue weighted by atomic mass is 9.76. The number of aromatic nitrogens is 3. The molecule has 3 heterocycles. The lowest BCUT2D eigenvalue weighted by Gasteiger charge is -2.39. The number of primary amides is 1. The molecule has 1 aliphatic rings. The molecule has 2 amide bonds. The topological polar surface area (TPSA) is 114 Å². The minimum absolute atomic E-state index is 0.168. The third kappa shape index (κ3) is 3.41. The molecule has 2 aromatic heterocycles. The molecule has 0 bridgehead atoms. The molecule has 24 heavy (non-hydrogen) atoms. The van der Waals surface area contributed by atoms with Crippen LogP contribution in [0.4, 0.5) is 5.13 Å².